The lowest BCUT2D eigenvalue weighted by molar-refractivity contribution is -0.122. The quantitative estimate of drug-likeness (QED) is 0.582. The van der Waals surface area contributed by atoms with Crippen LogP contribution in [0.4, 0.5) is 10.5 Å². The van der Waals surface area contributed by atoms with Gasteiger partial charge < -0.3 is 10.1 Å². The highest BCUT2D eigenvalue weighted by molar-refractivity contribution is 8.18. The van der Waals surface area contributed by atoms with Gasteiger partial charge in [-0.2, -0.15) is 0 Å². The molecule has 0 saturated carbocycles. The van der Waals surface area contributed by atoms with Crippen molar-refractivity contribution < 1.29 is 14.3 Å². The van der Waals surface area contributed by atoms with Gasteiger partial charge in [0, 0.05) is 10.6 Å². The normalized spacial score (nSPS) is 15.6. The summed E-state index contributed by atoms with van der Waals surface area (Å²) in [6.07, 6.45) is 3.76. The van der Waals surface area contributed by atoms with Gasteiger partial charge in [-0.25, -0.2) is 0 Å². The van der Waals surface area contributed by atoms with Crippen molar-refractivity contribution in [3.05, 3.63) is 59.0 Å². The Hall–Kier alpha value is -2.38. The van der Waals surface area contributed by atoms with Crippen LogP contribution >= 0.6 is 23.5 Å². The average Bonchev–Trinajstić information content (AvgIpc) is 2.94. The van der Waals surface area contributed by atoms with Gasteiger partial charge in [-0.15, -0.1) is 11.8 Å². The molecule has 3 rings (SSSR count). The van der Waals surface area contributed by atoms with E-state index >= 15 is 0 Å². The Morgan fingerprint density at radius 2 is 1.81 bits per heavy atom. The van der Waals surface area contributed by atoms with Gasteiger partial charge in [-0.05, 0) is 66.1 Å². The molecule has 26 heavy (non-hydrogen) atoms. The largest absolute Gasteiger partial charge is 0.497 e. The molecule has 1 N–H and O–H groups in total. The maximum absolute atomic E-state index is 12.5. The molecule has 2 amide bonds. The lowest BCUT2D eigenvalue weighted by Crippen LogP contribution is -2.33. The smallest absolute Gasteiger partial charge is 0.295 e. The van der Waals surface area contributed by atoms with Crippen molar-refractivity contribution in [2.45, 2.75) is 4.90 Å². The molecule has 1 heterocycles. The lowest BCUT2D eigenvalue weighted by atomic mass is 10.2. The van der Waals surface area contributed by atoms with Crippen LogP contribution in [0.1, 0.15) is 5.56 Å². The fraction of sp³-hybridized carbons (Fsp3) is 0.158. The highest BCUT2D eigenvalue weighted by Crippen LogP contribution is 2.32. The number of amides is 2. The van der Waals surface area contributed by atoms with Crippen molar-refractivity contribution in [1.29, 1.82) is 0 Å². The SMILES string of the molecule is COc1ccc(NCN2C(=O)S/C(=C/c3ccc(SC)cc3)C2=O)cc1. The zero-order chi connectivity index (χ0) is 18.5. The molecule has 0 unspecified atom stereocenters. The van der Waals surface area contributed by atoms with E-state index in [1.807, 2.05) is 54.8 Å². The average molecular weight is 386 g/mol. The van der Waals surface area contributed by atoms with E-state index in [9.17, 15) is 9.59 Å². The fourth-order valence-electron chi connectivity index (χ4n) is 2.37. The number of rotatable bonds is 6. The molecule has 1 aliphatic rings. The number of carbonyl (C=O) groups excluding carboxylic acids is 2. The second-order valence-corrected chi connectivity index (χ2v) is 7.32. The highest BCUT2D eigenvalue weighted by atomic mass is 32.2. The molecule has 134 valence electrons. The summed E-state index contributed by atoms with van der Waals surface area (Å²) >= 11 is 2.62. The molecular formula is C19H18N2O3S2. The van der Waals surface area contributed by atoms with E-state index in [0.29, 0.717) is 4.91 Å². The predicted molar refractivity (Wildman–Crippen MR) is 108 cm³/mol. The van der Waals surface area contributed by atoms with Crippen molar-refractivity contribution in [3.63, 3.8) is 0 Å². The standard InChI is InChI=1S/C19H18N2O3S2/c1-24-15-7-5-14(6-8-15)20-12-21-18(22)17(26-19(21)23)11-13-3-9-16(25-2)10-4-13/h3-11,20H,12H2,1-2H3/b17-11+. The molecule has 0 spiro atoms. The van der Waals surface area contributed by atoms with Crippen LogP contribution < -0.4 is 10.1 Å². The number of hydrogen-bond donors (Lipinski definition) is 1. The first kappa shape index (κ1) is 18.4. The number of nitrogens with zero attached hydrogens (tertiary/aromatic N) is 1. The van der Waals surface area contributed by atoms with Crippen LogP contribution in [-0.4, -0.2) is 36.1 Å². The third-order valence-electron chi connectivity index (χ3n) is 3.82. The van der Waals surface area contributed by atoms with Gasteiger partial charge in [0.2, 0.25) is 0 Å². The molecule has 1 aliphatic heterocycles. The number of benzene rings is 2. The van der Waals surface area contributed by atoms with Gasteiger partial charge in [-0.1, -0.05) is 12.1 Å². The molecule has 1 saturated heterocycles. The van der Waals surface area contributed by atoms with Crippen LogP contribution in [-0.2, 0) is 4.79 Å². The van der Waals surface area contributed by atoms with E-state index in [0.717, 1.165) is 33.7 Å². The molecule has 2 aromatic rings. The summed E-state index contributed by atoms with van der Waals surface area (Å²) in [7, 11) is 1.60. The summed E-state index contributed by atoms with van der Waals surface area (Å²) in [5.74, 6) is 0.465. The number of hydrogen-bond acceptors (Lipinski definition) is 6. The highest BCUT2D eigenvalue weighted by Gasteiger charge is 2.34. The maximum atomic E-state index is 12.5. The van der Waals surface area contributed by atoms with Gasteiger partial charge in [0.25, 0.3) is 11.1 Å². The second-order valence-electron chi connectivity index (χ2n) is 5.45. The number of nitrogens with one attached hydrogen (secondary N) is 1. The van der Waals surface area contributed by atoms with Gasteiger partial charge >= 0.3 is 0 Å². The molecule has 0 aliphatic carbocycles. The molecule has 0 aromatic heterocycles. The fourth-order valence-corrected chi connectivity index (χ4v) is 3.61. The van der Waals surface area contributed by atoms with Crippen molar-refractivity contribution in [2.24, 2.45) is 0 Å². The first-order valence-electron chi connectivity index (χ1n) is 7.88. The van der Waals surface area contributed by atoms with E-state index in [1.54, 1.807) is 24.9 Å². The van der Waals surface area contributed by atoms with Crippen LogP contribution in [0.3, 0.4) is 0 Å². The Labute approximate surface area is 160 Å². The maximum Gasteiger partial charge on any atom is 0.295 e. The minimum absolute atomic E-state index is 0.125. The molecular weight excluding hydrogens is 368 g/mol. The minimum Gasteiger partial charge on any atom is -0.497 e. The Bertz CT molecular complexity index is 833. The summed E-state index contributed by atoms with van der Waals surface area (Å²) in [5.41, 5.74) is 1.71. The van der Waals surface area contributed by atoms with Crippen molar-refractivity contribution >= 4 is 46.4 Å². The van der Waals surface area contributed by atoms with Gasteiger partial charge in [0.1, 0.15) is 5.75 Å². The lowest BCUT2D eigenvalue weighted by Gasteiger charge is -2.14. The van der Waals surface area contributed by atoms with E-state index in [4.69, 9.17) is 4.74 Å². The number of methoxy groups -OCH3 is 1. The zero-order valence-corrected chi connectivity index (χ0v) is 16.0. The topological polar surface area (TPSA) is 58.6 Å². The third-order valence-corrected chi connectivity index (χ3v) is 5.47. The Morgan fingerprint density at radius 3 is 2.42 bits per heavy atom. The van der Waals surface area contributed by atoms with Crippen molar-refractivity contribution in [3.8, 4) is 5.75 Å². The summed E-state index contributed by atoms with van der Waals surface area (Å²) in [5, 5.41) is 2.81. The number of thioether (sulfide) groups is 2. The van der Waals surface area contributed by atoms with Gasteiger partial charge in [0.05, 0.1) is 18.7 Å². The van der Waals surface area contributed by atoms with Crippen molar-refractivity contribution in [1.82, 2.24) is 4.90 Å². The van der Waals surface area contributed by atoms with Crippen LogP contribution in [0.2, 0.25) is 0 Å². The monoisotopic (exact) mass is 386 g/mol. The summed E-state index contributed by atoms with van der Waals surface area (Å²) in [6, 6.07) is 15.2. The first-order valence-corrected chi connectivity index (χ1v) is 9.92. The molecule has 1 fully saturated rings. The van der Waals surface area contributed by atoms with Gasteiger partial charge in [-0.3, -0.25) is 14.5 Å². The zero-order valence-electron chi connectivity index (χ0n) is 14.4. The van der Waals surface area contributed by atoms with Crippen LogP contribution in [0.15, 0.2) is 58.3 Å². The van der Waals surface area contributed by atoms with Crippen LogP contribution in [0, 0.1) is 0 Å². The van der Waals surface area contributed by atoms with E-state index in [-0.39, 0.29) is 17.8 Å². The van der Waals surface area contributed by atoms with Gasteiger partial charge in [0.15, 0.2) is 0 Å². The van der Waals surface area contributed by atoms with E-state index < -0.39 is 0 Å². The molecule has 0 atom stereocenters. The number of imide groups is 1. The number of carbonyl (C=O) groups is 2. The summed E-state index contributed by atoms with van der Waals surface area (Å²) in [4.78, 5) is 27.5. The molecule has 0 radical (unpaired) electrons. The predicted octanol–water partition coefficient (Wildman–Crippen LogP) is 4.52. The molecule has 5 nitrogen and oxygen atoms in total. The summed E-state index contributed by atoms with van der Waals surface area (Å²) < 4.78 is 5.11. The first-order chi connectivity index (χ1) is 12.6. The Balaban J connectivity index is 1.66. The van der Waals surface area contributed by atoms with E-state index in [2.05, 4.69) is 5.32 Å². The Kier molecular flexibility index (Phi) is 5.90. The van der Waals surface area contributed by atoms with Crippen LogP contribution in [0.5, 0.6) is 5.75 Å². The molecule has 0 bridgehead atoms. The third kappa shape index (κ3) is 4.23. The molecule has 2 aromatic carbocycles. The number of anilines is 1. The Morgan fingerprint density at radius 1 is 1.12 bits per heavy atom. The van der Waals surface area contributed by atoms with Crippen LogP contribution in [0.25, 0.3) is 6.08 Å². The second kappa shape index (κ2) is 8.33. The number of ether oxygens (including phenoxy) is 1. The van der Waals surface area contributed by atoms with Crippen molar-refractivity contribution in [2.75, 3.05) is 25.4 Å². The molecule has 7 heteroatoms. The van der Waals surface area contributed by atoms with E-state index in [1.165, 1.54) is 4.90 Å². The summed E-state index contributed by atoms with van der Waals surface area (Å²) in [6.45, 7) is 0.125. The minimum atomic E-state index is -0.282.